The zero-order valence-electron chi connectivity index (χ0n) is 10.9. The summed E-state index contributed by atoms with van der Waals surface area (Å²) in [5, 5.41) is 10.5. The minimum Gasteiger partial charge on any atom is -0.478 e. The summed E-state index contributed by atoms with van der Waals surface area (Å²) in [5.41, 5.74) is 1.45. The molecule has 2 aromatic heterocycles. The topological polar surface area (TPSA) is 63.3 Å². The number of nitrogens with zero attached hydrogens (tertiary/aromatic N) is 1. The number of carboxylic acid groups (broad SMARTS) is 1. The van der Waals surface area contributed by atoms with Crippen molar-refractivity contribution < 1.29 is 14.3 Å². The molecule has 3 rings (SSSR count). The van der Waals surface area contributed by atoms with E-state index < -0.39 is 5.97 Å². The molecule has 0 bridgehead atoms. The summed E-state index contributed by atoms with van der Waals surface area (Å²) in [4.78, 5) is 16.1. The largest absolute Gasteiger partial charge is 0.478 e. The van der Waals surface area contributed by atoms with Crippen molar-refractivity contribution in [2.45, 2.75) is 6.92 Å². The van der Waals surface area contributed by atoms with Gasteiger partial charge in [-0.15, -0.1) is 0 Å². The summed E-state index contributed by atoms with van der Waals surface area (Å²) >= 11 is 12.2. The number of aromatic carboxylic acids is 1. The van der Waals surface area contributed by atoms with Crippen LogP contribution in [0.25, 0.3) is 22.4 Å². The van der Waals surface area contributed by atoms with Gasteiger partial charge in [0.15, 0.2) is 5.76 Å². The minimum absolute atomic E-state index is 0.143. The average Bonchev–Trinajstić information content (AvgIpc) is 2.96. The molecular formula is C15H9Cl2NO3. The van der Waals surface area contributed by atoms with Gasteiger partial charge in [-0.05, 0) is 30.7 Å². The maximum absolute atomic E-state index is 11.6. The van der Waals surface area contributed by atoms with Gasteiger partial charge in [-0.3, -0.25) is 0 Å². The van der Waals surface area contributed by atoms with Crippen molar-refractivity contribution >= 4 is 40.1 Å². The van der Waals surface area contributed by atoms with Crippen LogP contribution in [0.5, 0.6) is 0 Å². The predicted octanol–water partition coefficient (Wildman–Crippen LogP) is 4.81. The number of halogens is 2. The molecule has 2 heterocycles. The van der Waals surface area contributed by atoms with Gasteiger partial charge < -0.3 is 9.52 Å². The van der Waals surface area contributed by atoms with Crippen LogP contribution < -0.4 is 0 Å². The molecule has 0 unspecified atom stereocenters. The van der Waals surface area contributed by atoms with Crippen LogP contribution in [0.3, 0.4) is 0 Å². The molecular weight excluding hydrogens is 313 g/mol. The smallest absolute Gasteiger partial charge is 0.336 e. The molecule has 3 aromatic rings. The van der Waals surface area contributed by atoms with Crippen molar-refractivity contribution in [1.29, 1.82) is 0 Å². The third-order valence-corrected chi connectivity index (χ3v) is 4.05. The lowest BCUT2D eigenvalue weighted by Gasteiger charge is -2.11. The SMILES string of the molecule is Cc1c(-c2ccco2)nc2c(Cl)c(Cl)ccc2c1C(=O)O. The highest BCUT2D eigenvalue weighted by molar-refractivity contribution is 6.45. The van der Waals surface area contributed by atoms with E-state index in [1.807, 2.05) is 0 Å². The number of hydrogen-bond donors (Lipinski definition) is 1. The maximum Gasteiger partial charge on any atom is 0.336 e. The quantitative estimate of drug-likeness (QED) is 0.735. The number of aromatic nitrogens is 1. The minimum atomic E-state index is -1.05. The maximum atomic E-state index is 11.6. The van der Waals surface area contributed by atoms with Crippen molar-refractivity contribution in [2.75, 3.05) is 0 Å². The van der Waals surface area contributed by atoms with E-state index in [4.69, 9.17) is 27.6 Å². The lowest BCUT2D eigenvalue weighted by atomic mass is 10.0. The lowest BCUT2D eigenvalue weighted by Crippen LogP contribution is -2.05. The summed E-state index contributed by atoms with van der Waals surface area (Å²) in [6.45, 7) is 1.69. The fourth-order valence-electron chi connectivity index (χ4n) is 2.30. The second-order valence-electron chi connectivity index (χ2n) is 4.50. The zero-order chi connectivity index (χ0) is 15.1. The summed E-state index contributed by atoms with van der Waals surface area (Å²) in [5.74, 6) is -0.570. The fourth-order valence-corrected chi connectivity index (χ4v) is 2.66. The Balaban J connectivity index is 2.49. The second kappa shape index (κ2) is 5.06. The molecule has 6 heteroatoms. The van der Waals surface area contributed by atoms with E-state index in [-0.39, 0.29) is 10.6 Å². The van der Waals surface area contributed by atoms with Gasteiger partial charge >= 0.3 is 5.97 Å². The molecule has 0 spiro atoms. The number of pyridine rings is 1. The van der Waals surface area contributed by atoms with E-state index in [1.54, 1.807) is 31.2 Å². The molecule has 0 aliphatic carbocycles. The summed E-state index contributed by atoms with van der Waals surface area (Å²) in [6, 6.07) is 6.59. The molecule has 21 heavy (non-hydrogen) atoms. The molecule has 0 radical (unpaired) electrons. The lowest BCUT2D eigenvalue weighted by molar-refractivity contribution is 0.0698. The Labute approximate surface area is 129 Å². The van der Waals surface area contributed by atoms with Gasteiger partial charge in [0.1, 0.15) is 5.69 Å². The van der Waals surface area contributed by atoms with Crippen molar-refractivity contribution in [3.63, 3.8) is 0 Å². The molecule has 106 valence electrons. The van der Waals surface area contributed by atoms with Crippen LogP contribution >= 0.6 is 23.2 Å². The molecule has 4 nitrogen and oxygen atoms in total. The van der Waals surface area contributed by atoms with Crippen LogP contribution in [-0.4, -0.2) is 16.1 Å². The molecule has 0 aliphatic rings. The number of furan rings is 1. The van der Waals surface area contributed by atoms with Crippen LogP contribution in [-0.2, 0) is 0 Å². The first-order chi connectivity index (χ1) is 10.0. The van der Waals surface area contributed by atoms with E-state index in [0.29, 0.717) is 32.9 Å². The standard InChI is InChI=1S/C15H9Cl2NO3/c1-7-11(15(19)20)8-4-5-9(16)12(17)14(8)18-13(7)10-3-2-6-21-10/h2-6H,1H3,(H,19,20). The summed E-state index contributed by atoms with van der Waals surface area (Å²) < 4.78 is 5.32. The molecule has 0 atom stereocenters. The number of carbonyl (C=O) groups is 1. The van der Waals surface area contributed by atoms with E-state index in [9.17, 15) is 9.90 Å². The van der Waals surface area contributed by atoms with Crippen molar-refractivity contribution in [2.24, 2.45) is 0 Å². The van der Waals surface area contributed by atoms with Gasteiger partial charge in [-0.1, -0.05) is 29.3 Å². The third kappa shape index (κ3) is 2.17. The van der Waals surface area contributed by atoms with Crippen molar-refractivity contribution in [1.82, 2.24) is 4.98 Å². The van der Waals surface area contributed by atoms with Gasteiger partial charge in [0, 0.05) is 5.39 Å². The number of hydrogen-bond acceptors (Lipinski definition) is 3. The Bertz CT molecular complexity index is 857. The monoisotopic (exact) mass is 321 g/mol. The number of carboxylic acids is 1. The molecule has 1 N–H and O–H groups in total. The Kier molecular flexibility index (Phi) is 3.35. The molecule has 0 aliphatic heterocycles. The molecule has 0 fully saturated rings. The summed E-state index contributed by atoms with van der Waals surface area (Å²) in [7, 11) is 0. The van der Waals surface area contributed by atoms with Crippen LogP contribution in [0.15, 0.2) is 34.9 Å². The van der Waals surface area contributed by atoms with Crippen LogP contribution in [0.2, 0.25) is 10.0 Å². The average molecular weight is 322 g/mol. The Hall–Kier alpha value is -2.04. The summed E-state index contributed by atoms with van der Waals surface area (Å²) in [6.07, 6.45) is 1.50. The Morgan fingerprint density at radius 2 is 2.05 bits per heavy atom. The van der Waals surface area contributed by atoms with Gasteiger partial charge in [0.2, 0.25) is 0 Å². The van der Waals surface area contributed by atoms with Gasteiger partial charge in [-0.2, -0.15) is 0 Å². The van der Waals surface area contributed by atoms with Crippen molar-refractivity contribution in [3.05, 3.63) is 51.7 Å². The van der Waals surface area contributed by atoms with Crippen LogP contribution in [0.4, 0.5) is 0 Å². The first kappa shape index (κ1) is 13.9. The highest BCUT2D eigenvalue weighted by Crippen LogP contribution is 2.36. The second-order valence-corrected chi connectivity index (χ2v) is 5.29. The van der Waals surface area contributed by atoms with Gasteiger partial charge in [-0.25, -0.2) is 9.78 Å². The van der Waals surface area contributed by atoms with Gasteiger partial charge in [0.25, 0.3) is 0 Å². The number of benzene rings is 1. The first-order valence-corrected chi connectivity index (χ1v) is 6.81. The van der Waals surface area contributed by atoms with Crippen LogP contribution in [0.1, 0.15) is 15.9 Å². The Morgan fingerprint density at radius 3 is 2.67 bits per heavy atom. The molecule has 0 saturated heterocycles. The van der Waals surface area contributed by atoms with Gasteiger partial charge in [0.05, 0.1) is 27.4 Å². The Morgan fingerprint density at radius 1 is 1.29 bits per heavy atom. The number of fused-ring (bicyclic) bond motifs is 1. The van der Waals surface area contributed by atoms with Crippen molar-refractivity contribution in [3.8, 4) is 11.5 Å². The van der Waals surface area contributed by atoms with E-state index in [1.165, 1.54) is 6.26 Å². The van der Waals surface area contributed by atoms with Crippen LogP contribution in [0, 0.1) is 6.92 Å². The normalized spacial score (nSPS) is 11.0. The number of rotatable bonds is 2. The highest BCUT2D eigenvalue weighted by atomic mass is 35.5. The third-order valence-electron chi connectivity index (χ3n) is 3.26. The molecule has 1 aromatic carbocycles. The zero-order valence-corrected chi connectivity index (χ0v) is 12.4. The fraction of sp³-hybridized carbons (Fsp3) is 0.0667. The first-order valence-electron chi connectivity index (χ1n) is 6.06. The van der Waals surface area contributed by atoms with E-state index in [0.717, 1.165) is 0 Å². The molecule has 0 amide bonds. The highest BCUT2D eigenvalue weighted by Gasteiger charge is 2.21. The van der Waals surface area contributed by atoms with E-state index >= 15 is 0 Å². The predicted molar refractivity (Wildman–Crippen MR) is 81.2 cm³/mol. The molecule has 0 saturated carbocycles. The van der Waals surface area contributed by atoms with E-state index in [2.05, 4.69) is 4.98 Å².